The minimum absolute atomic E-state index is 0. The highest BCUT2D eigenvalue weighted by molar-refractivity contribution is 4.76. The lowest BCUT2D eigenvalue weighted by Crippen LogP contribution is -2.36. The van der Waals surface area contributed by atoms with Crippen molar-refractivity contribution in [3.63, 3.8) is 0 Å². The van der Waals surface area contributed by atoms with Crippen molar-refractivity contribution >= 4 is 0 Å². The first-order valence-corrected chi connectivity index (χ1v) is 32.1. The van der Waals surface area contributed by atoms with Crippen LogP contribution in [0.15, 0.2) is 0 Å². The summed E-state index contributed by atoms with van der Waals surface area (Å²) in [5.74, 6) is 2.11. The molecule has 2 aliphatic carbocycles. The zero-order valence-corrected chi connectivity index (χ0v) is 57.1. The number of nitrogens with zero attached hydrogens (tertiary/aromatic N) is 12. The molecule has 8 aliphatic rings. The van der Waals surface area contributed by atoms with Crippen molar-refractivity contribution in [2.24, 2.45) is 11.8 Å². The second kappa shape index (κ2) is 93.9. The fourth-order valence-electron chi connectivity index (χ4n) is 7.53. The SMILES string of the molecule is C.C.C.C.C.C.C.C.C.C.C.C.C.CC(C)N(C)C.CCN(C)C.CCN(C)C(C)C.CCN(C)CC1CC1.CCN1CCC1.CCN1CCCC1.CCN1CCCCC1.CN(C)C.CN(C)CC1CC1.CN1CCC1.CN1CCCC1.CN1CCCCC1. The van der Waals surface area contributed by atoms with Gasteiger partial charge in [0.1, 0.15) is 0 Å². The Morgan fingerprint density at radius 2 is 0.528 bits per heavy atom. The summed E-state index contributed by atoms with van der Waals surface area (Å²) < 4.78 is 0. The molecule has 0 spiro atoms. The van der Waals surface area contributed by atoms with Crippen LogP contribution >= 0.6 is 0 Å². The van der Waals surface area contributed by atoms with Crippen molar-refractivity contribution in [2.75, 3.05) is 230 Å². The maximum atomic E-state index is 2.52. The van der Waals surface area contributed by atoms with E-state index in [0.717, 1.165) is 24.9 Å². The van der Waals surface area contributed by atoms with Gasteiger partial charge < -0.3 is 58.8 Å². The first-order chi connectivity index (χ1) is 35.9. The molecule has 8 rings (SSSR count). The van der Waals surface area contributed by atoms with E-state index in [1.807, 2.05) is 26.0 Å². The van der Waals surface area contributed by atoms with Crippen LogP contribution < -0.4 is 0 Å². The van der Waals surface area contributed by atoms with Crippen LogP contribution in [0, 0.1) is 11.8 Å². The van der Waals surface area contributed by atoms with Gasteiger partial charge in [0, 0.05) is 25.2 Å². The van der Waals surface area contributed by atoms with Crippen LogP contribution in [-0.2, 0) is 0 Å². The van der Waals surface area contributed by atoms with E-state index in [0.29, 0.717) is 12.1 Å². The Morgan fingerprint density at radius 3 is 0.629 bits per heavy atom. The summed E-state index contributed by atoms with van der Waals surface area (Å²) >= 11 is 0. The van der Waals surface area contributed by atoms with Crippen LogP contribution in [0.1, 0.15) is 269 Å². The van der Waals surface area contributed by atoms with Crippen LogP contribution in [0.2, 0.25) is 0 Å². The topological polar surface area (TPSA) is 38.9 Å². The van der Waals surface area contributed by atoms with Crippen molar-refractivity contribution < 1.29 is 0 Å². The highest BCUT2D eigenvalue weighted by Gasteiger charge is 2.22. The Kier molecular flexibility index (Phi) is 140. The Balaban J connectivity index is -0.0000000420. The van der Waals surface area contributed by atoms with Gasteiger partial charge in [0.25, 0.3) is 0 Å². The van der Waals surface area contributed by atoms with Crippen molar-refractivity contribution in [2.45, 2.75) is 281 Å². The summed E-state index contributed by atoms with van der Waals surface area (Å²) in [6, 6.07) is 1.38. The van der Waals surface area contributed by atoms with Gasteiger partial charge in [0.15, 0.2) is 0 Å². The molecule has 0 aromatic rings. The molecule has 0 amide bonds. The van der Waals surface area contributed by atoms with Gasteiger partial charge in [-0.1, -0.05) is 151 Å². The van der Waals surface area contributed by atoms with E-state index in [-0.39, 0.29) is 96.5 Å². The van der Waals surface area contributed by atoms with Crippen LogP contribution in [0.4, 0.5) is 0 Å². The second-order valence-electron chi connectivity index (χ2n) is 24.9. The highest BCUT2D eigenvalue weighted by atomic mass is 15.2. The average Bonchev–Trinajstić information content (AvgIpc) is 4.25. The molecule has 0 unspecified atom stereocenters. The standard InChI is InChI=1S/2C7H15N.3C6H13N.C6H15N.2C5H11N.C5H13N.C4H9N.C4H11N.C3H9N.13CH4/c1-3-8(2)6-7-4-5-7;1-2-8-6-4-3-5-7-8;1-7(2)5-6-3-4-6;1-7-5-3-2-4-6-7;1-2-7-5-3-4-6-7;1-5-7(4)6(2)3;1-6-4-2-3-5-6;1-2-6-4-3-5-6;1-5(2)6(3)4;1-5-3-2-4-5;1-4-5(2)3;1-4(2)3;;;;;;;;;;;;;/h7H,3-6H2,1-2H3;2-7H2,1H3;6H,3-5H2,1-2H3;2*2-6H2,1H3;6H,5H2,1-4H3;2*2-5H2,1H3;5H,1-4H3;2-4H2,1H3;4H2,1-3H3;1-3H3;13*1H4. The summed E-state index contributed by atoms with van der Waals surface area (Å²) in [6.07, 6.45) is 23.0. The molecule has 89 heavy (non-hydrogen) atoms. The second-order valence-corrected chi connectivity index (χ2v) is 24.9. The molecule has 0 atom stereocenters. The van der Waals surface area contributed by atoms with Crippen LogP contribution in [0.3, 0.4) is 0 Å². The fraction of sp³-hybridized carbons (Fsp3) is 1.00. The van der Waals surface area contributed by atoms with E-state index in [4.69, 9.17) is 0 Å². The van der Waals surface area contributed by atoms with Gasteiger partial charge >= 0.3 is 0 Å². The molecule has 568 valence electrons. The normalized spacial score (nSPS) is 16.7. The van der Waals surface area contributed by atoms with E-state index >= 15 is 0 Å². The lowest BCUT2D eigenvalue weighted by molar-refractivity contribution is 0.192. The third kappa shape index (κ3) is 112. The monoisotopic (exact) mass is 1290 g/mol. The number of rotatable bonds is 12. The fourth-order valence-corrected chi connectivity index (χ4v) is 7.53. The molecule has 0 radical (unpaired) electrons. The first kappa shape index (κ1) is 133. The van der Waals surface area contributed by atoms with Gasteiger partial charge in [0.2, 0.25) is 0 Å². The summed E-state index contributed by atoms with van der Waals surface area (Å²) in [5.41, 5.74) is 0. The Bertz CT molecular complexity index is 1060. The summed E-state index contributed by atoms with van der Waals surface area (Å²) in [4.78, 5) is 27.7. The van der Waals surface area contributed by atoms with Gasteiger partial charge in [-0.3, -0.25) is 0 Å². The molecule has 0 N–H and O–H groups in total. The average molecular weight is 1290 g/mol. The van der Waals surface area contributed by atoms with Gasteiger partial charge in [-0.2, -0.15) is 0 Å². The molecule has 6 saturated heterocycles. The smallest absolute Gasteiger partial charge is 0.00354 e. The zero-order chi connectivity index (χ0) is 58.7. The van der Waals surface area contributed by atoms with E-state index in [1.165, 1.54) is 221 Å². The largest absolute Gasteiger partial charge is 0.312 e. The Hall–Kier alpha value is -0.480. The first-order valence-electron chi connectivity index (χ1n) is 32.1. The molecule has 0 aromatic carbocycles. The molecule has 6 heterocycles. The molecule has 0 bridgehead atoms. The Labute approximate surface area is 578 Å². The van der Waals surface area contributed by atoms with Crippen molar-refractivity contribution in [1.82, 2.24) is 58.8 Å². The predicted molar refractivity (Wildman–Crippen MR) is 435 cm³/mol. The number of hydrogen-bond donors (Lipinski definition) is 0. The summed E-state index contributed by atoms with van der Waals surface area (Å²) in [6.45, 7) is 47.8. The van der Waals surface area contributed by atoms with Crippen molar-refractivity contribution in [3.05, 3.63) is 0 Å². The maximum absolute atomic E-state index is 2.52. The van der Waals surface area contributed by atoms with Gasteiger partial charge in [0.05, 0.1) is 0 Å². The number of hydrogen-bond acceptors (Lipinski definition) is 12. The maximum Gasteiger partial charge on any atom is 0.00354 e. The minimum Gasteiger partial charge on any atom is -0.312 e. The van der Waals surface area contributed by atoms with Crippen molar-refractivity contribution in [1.29, 1.82) is 0 Å². The molecule has 12 heteroatoms. The lowest BCUT2D eigenvalue weighted by atomic mass is 10.1. The molecule has 12 nitrogen and oxygen atoms in total. The zero-order valence-electron chi connectivity index (χ0n) is 57.1. The summed E-state index contributed by atoms with van der Waals surface area (Å²) in [7, 11) is 29.4. The number of piperidine rings is 2. The Morgan fingerprint density at radius 1 is 0.303 bits per heavy atom. The number of likely N-dealkylation sites (tertiary alicyclic amines) is 6. The van der Waals surface area contributed by atoms with E-state index < -0.39 is 0 Å². The minimum atomic E-state index is 0. The van der Waals surface area contributed by atoms with Crippen LogP contribution in [0.25, 0.3) is 0 Å². The van der Waals surface area contributed by atoms with E-state index in [9.17, 15) is 0 Å². The molecule has 2 saturated carbocycles. The molecular weight excluding hydrogens is 1090 g/mol. The quantitative estimate of drug-likeness (QED) is 0.187. The molecule has 8 fully saturated rings. The van der Waals surface area contributed by atoms with E-state index in [2.05, 4.69) is 201 Å². The van der Waals surface area contributed by atoms with Crippen LogP contribution in [-0.4, -0.2) is 300 Å². The van der Waals surface area contributed by atoms with Gasteiger partial charge in [-0.25, -0.2) is 0 Å². The van der Waals surface area contributed by atoms with Crippen LogP contribution in [0.5, 0.6) is 0 Å². The molecule has 0 aromatic heterocycles. The third-order valence-corrected chi connectivity index (χ3v) is 15.1. The molecular formula is C77H200N12. The predicted octanol–water partition coefficient (Wildman–Crippen LogP) is 19.1. The summed E-state index contributed by atoms with van der Waals surface area (Å²) in [5, 5.41) is 0. The third-order valence-electron chi connectivity index (χ3n) is 15.1. The van der Waals surface area contributed by atoms with Gasteiger partial charge in [-0.15, -0.1) is 0 Å². The molecule has 6 aliphatic heterocycles. The highest BCUT2D eigenvalue weighted by Crippen LogP contribution is 2.29. The van der Waals surface area contributed by atoms with Crippen molar-refractivity contribution in [3.8, 4) is 0 Å². The van der Waals surface area contributed by atoms with Gasteiger partial charge in [-0.05, 0) is 346 Å². The lowest BCUT2D eigenvalue weighted by Gasteiger charge is -2.28. The van der Waals surface area contributed by atoms with E-state index in [1.54, 1.807) is 0 Å².